The first-order valence-electron chi connectivity index (χ1n) is 5.20. The molecule has 2 aromatic rings. The number of carbonyl (C=O) groups excluding carboxylic acids is 2. The van der Waals surface area contributed by atoms with Gasteiger partial charge in [-0.1, -0.05) is 15.9 Å². The highest BCUT2D eigenvalue weighted by Gasteiger charge is 2.13. The first kappa shape index (κ1) is 14.6. The summed E-state index contributed by atoms with van der Waals surface area (Å²) in [6.45, 7) is 1.44. The second-order valence-corrected chi connectivity index (χ2v) is 6.61. The minimum atomic E-state index is -0.241. The molecule has 1 N–H and O–H groups in total. The first-order chi connectivity index (χ1) is 8.97. The molecule has 0 saturated carbocycles. The van der Waals surface area contributed by atoms with Crippen molar-refractivity contribution in [1.29, 1.82) is 0 Å². The monoisotopic (exact) mass is 450 g/mol. The van der Waals surface area contributed by atoms with Gasteiger partial charge in [-0.3, -0.25) is 14.9 Å². The van der Waals surface area contributed by atoms with E-state index in [1.54, 1.807) is 11.4 Å². The fourth-order valence-corrected chi connectivity index (χ4v) is 3.01. The van der Waals surface area contributed by atoms with Crippen molar-refractivity contribution in [2.45, 2.75) is 6.92 Å². The van der Waals surface area contributed by atoms with Crippen LogP contribution in [0.3, 0.4) is 0 Å². The van der Waals surface area contributed by atoms with Crippen molar-refractivity contribution < 1.29 is 9.59 Å². The van der Waals surface area contributed by atoms with Gasteiger partial charge in [-0.2, -0.15) is 0 Å². The number of thiazole rings is 1. The second-order valence-electron chi connectivity index (χ2n) is 3.67. The SMILES string of the molecule is CC(=O)c1csc(NC(=O)c2cc(Br)ccc2I)n1. The molecule has 19 heavy (non-hydrogen) atoms. The quantitative estimate of drug-likeness (QED) is 0.568. The Morgan fingerprint density at radius 2 is 2.16 bits per heavy atom. The van der Waals surface area contributed by atoms with E-state index in [0.717, 1.165) is 8.04 Å². The third kappa shape index (κ3) is 3.61. The molecule has 0 aliphatic rings. The summed E-state index contributed by atoms with van der Waals surface area (Å²) in [6, 6.07) is 5.47. The Morgan fingerprint density at radius 3 is 2.79 bits per heavy atom. The number of aromatic nitrogens is 1. The average Bonchev–Trinajstić information content (AvgIpc) is 2.80. The minimum absolute atomic E-state index is 0.117. The van der Waals surface area contributed by atoms with Crippen LogP contribution in [0.2, 0.25) is 0 Å². The molecule has 0 aliphatic carbocycles. The molecule has 0 bridgehead atoms. The highest BCUT2D eigenvalue weighted by Crippen LogP contribution is 2.21. The van der Waals surface area contributed by atoms with Crippen LogP contribution < -0.4 is 5.32 Å². The molecule has 0 unspecified atom stereocenters. The summed E-state index contributed by atoms with van der Waals surface area (Å²) in [7, 11) is 0. The predicted octanol–water partition coefficient (Wildman–Crippen LogP) is 3.97. The third-order valence-corrected chi connectivity index (χ3v) is 4.45. The highest BCUT2D eigenvalue weighted by atomic mass is 127. The summed E-state index contributed by atoms with van der Waals surface area (Å²) in [5.41, 5.74) is 0.929. The Kier molecular flexibility index (Phi) is 4.69. The van der Waals surface area contributed by atoms with Crippen LogP contribution in [0.1, 0.15) is 27.8 Å². The number of ketones is 1. The van der Waals surface area contributed by atoms with Crippen LogP contribution in [0.4, 0.5) is 5.13 Å². The summed E-state index contributed by atoms with van der Waals surface area (Å²) in [5.74, 6) is -0.357. The van der Waals surface area contributed by atoms with E-state index >= 15 is 0 Å². The van der Waals surface area contributed by atoms with Crippen LogP contribution in [0.25, 0.3) is 0 Å². The summed E-state index contributed by atoms with van der Waals surface area (Å²) >= 11 is 6.66. The first-order valence-corrected chi connectivity index (χ1v) is 7.95. The van der Waals surface area contributed by atoms with E-state index < -0.39 is 0 Å². The van der Waals surface area contributed by atoms with Gasteiger partial charge >= 0.3 is 0 Å². The van der Waals surface area contributed by atoms with Gasteiger partial charge in [-0.05, 0) is 40.8 Å². The normalized spacial score (nSPS) is 10.3. The third-order valence-electron chi connectivity index (χ3n) is 2.26. The number of amides is 1. The van der Waals surface area contributed by atoms with Crippen LogP contribution in [0.15, 0.2) is 28.1 Å². The van der Waals surface area contributed by atoms with Crippen molar-refractivity contribution in [2.24, 2.45) is 0 Å². The number of anilines is 1. The lowest BCUT2D eigenvalue weighted by atomic mass is 10.2. The Balaban J connectivity index is 2.20. The van der Waals surface area contributed by atoms with Crippen LogP contribution in [-0.2, 0) is 0 Å². The Bertz CT molecular complexity index is 657. The van der Waals surface area contributed by atoms with E-state index in [1.807, 2.05) is 12.1 Å². The lowest BCUT2D eigenvalue weighted by molar-refractivity contribution is 0.100. The molecule has 0 radical (unpaired) electrons. The molecule has 1 aromatic heterocycles. The van der Waals surface area contributed by atoms with Gasteiger partial charge in [-0.15, -0.1) is 11.3 Å². The van der Waals surface area contributed by atoms with Crippen molar-refractivity contribution in [3.8, 4) is 0 Å². The number of hydrogen-bond acceptors (Lipinski definition) is 4. The number of carbonyl (C=O) groups is 2. The van der Waals surface area contributed by atoms with E-state index in [9.17, 15) is 9.59 Å². The number of nitrogens with zero attached hydrogens (tertiary/aromatic N) is 1. The molecule has 0 fully saturated rings. The number of Topliss-reactive ketones (excluding diaryl/α,β-unsaturated/α-hetero) is 1. The molecule has 1 heterocycles. The highest BCUT2D eigenvalue weighted by molar-refractivity contribution is 14.1. The molecule has 0 atom stereocenters. The second kappa shape index (κ2) is 6.10. The Labute approximate surface area is 135 Å². The number of benzene rings is 1. The van der Waals surface area contributed by atoms with Gasteiger partial charge < -0.3 is 0 Å². The van der Waals surface area contributed by atoms with Crippen LogP contribution in [-0.4, -0.2) is 16.7 Å². The van der Waals surface area contributed by atoms with E-state index in [1.165, 1.54) is 18.3 Å². The van der Waals surface area contributed by atoms with Gasteiger partial charge in [0.25, 0.3) is 5.91 Å². The summed E-state index contributed by atoms with van der Waals surface area (Å²) in [5, 5.41) is 4.74. The lowest BCUT2D eigenvalue weighted by Crippen LogP contribution is -2.13. The molecule has 0 aliphatic heterocycles. The molecular formula is C12H8BrIN2O2S. The number of halogens is 2. The minimum Gasteiger partial charge on any atom is -0.298 e. The van der Waals surface area contributed by atoms with E-state index in [0.29, 0.717) is 16.4 Å². The predicted molar refractivity (Wildman–Crippen MR) is 86.9 cm³/mol. The largest absolute Gasteiger partial charge is 0.298 e. The van der Waals surface area contributed by atoms with Gasteiger partial charge in [0.05, 0.1) is 5.56 Å². The topological polar surface area (TPSA) is 59.1 Å². The maximum Gasteiger partial charge on any atom is 0.258 e. The van der Waals surface area contributed by atoms with Crippen molar-refractivity contribution in [2.75, 3.05) is 5.32 Å². The molecular weight excluding hydrogens is 443 g/mol. The van der Waals surface area contributed by atoms with Crippen LogP contribution in [0.5, 0.6) is 0 Å². The molecule has 1 aromatic carbocycles. The van der Waals surface area contributed by atoms with E-state index in [-0.39, 0.29) is 11.7 Å². The Hall–Kier alpha value is -0.800. The van der Waals surface area contributed by atoms with E-state index in [4.69, 9.17) is 0 Å². The average molecular weight is 451 g/mol. The lowest BCUT2D eigenvalue weighted by Gasteiger charge is -2.04. The Morgan fingerprint density at radius 1 is 1.42 bits per heavy atom. The van der Waals surface area contributed by atoms with Crippen molar-refractivity contribution in [3.05, 3.63) is 42.9 Å². The standard InChI is InChI=1S/C12H8BrIN2O2S/c1-6(17)10-5-19-12(15-10)16-11(18)8-4-7(13)2-3-9(8)14/h2-5H,1H3,(H,15,16,18). The van der Waals surface area contributed by atoms with Gasteiger partial charge in [0.1, 0.15) is 5.69 Å². The molecule has 0 spiro atoms. The van der Waals surface area contributed by atoms with Gasteiger partial charge in [0.2, 0.25) is 0 Å². The zero-order valence-electron chi connectivity index (χ0n) is 9.74. The molecule has 2 rings (SSSR count). The summed E-state index contributed by atoms with van der Waals surface area (Å²) in [6.07, 6.45) is 0. The molecule has 4 nitrogen and oxygen atoms in total. The van der Waals surface area contributed by atoms with Gasteiger partial charge in [0.15, 0.2) is 10.9 Å². The fraction of sp³-hybridized carbons (Fsp3) is 0.0833. The zero-order chi connectivity index (χ0) is 14.0. The molecule has 7 heteroatoms. The van der Waals surface area contributed by atoms with Gasteiger partial charge in [0, 0.05) is 20.3 Å². The number of hydrogen-bond donors (Lipinski definition) is 1. The number of rotatable bonds is 3. The molecule has 0 saturated heterocycles. The van der Waals surface area contributed by atoms with Gasteiger partial charge in [-0.25, -0.2) is 4.98 Å². The van der Waals surface area contributed by atoms with Crippen LogP contribution >= 0.6 is 49.9 Å². The number of nitrogens with one attached hydrogen (secondary N) is 1. The van der Waals surface area contributed by atoms with Crippen molar-refractivity contribution in [3.63, 3.8) is 0 Å². The maximum atomic E-state index is 12.1. The van der Waals surface area contributed by atoms with Crippen molar-refractivity contribution in [1.82, 2.24) is 4.98 Å². The molecule has 98 valence electrons. The van der Waals surface area contributed by atoms with Crippen molar-refractivity contribution >= 4 is 66.7 Å². The molecule has 1 amide bonds. The van der Waals surface area contributed by atoms with E-state index in [2.05, 4.69) is 48.8 Å². The van der Waals surface area contributed by atoms with Crippen LogP contribution in [0, 0.1) is 3.57 Å². The fourth-order valence-electron chi connectivity index (χ4n) is 1.33. The maximum absolute atomic E-state index is 12.1. The summed E-state index contributed by atoms with van der Waals surface area (Å²) < 4.78 is 1.68. The summed E-state index contributed by atoms with van der Waals surface area (Å²) in [4.78, 5) is 27.3. The zero-order valence-corrected chi connectivity index (χ0v) is 14.3. The smallest absolute Gasteiger partial charge is 0.258 e.